The molecule has 34 heavy (non-hydrogen) atoms. The second-order valence-electron chi connectivity index (χ2n) is 7.89. The van der Waals surface area contributed by atoms with Crippen molar-refractivity contribution in [3.63, 3.8) is 0 Å². The number of nitrogens with one attached hydrogen (secondary N) is 2. The second-order valence-corrected chi connectivity index (χ2v) is 8.28. The first-order valence-corrected chi connectivity index (χ1v) is 11.1. The van der Waals surface area contributed by atoms with Crippen LogP contribution < -0.4 is 10.9 Å². The molecule has 0 radical (unpaired) electrons. The van der Waals surface area contributed by atoms with Crippen molar-refractivity contribution in [3.8, 4) is 5.69 Å². The number of amides is 1. The van der Waals surface area contributed by atoms with E-state index in [1.165, 1.54) is 23.8 Å². The summed E-state index contributed by atoms with van der Waals surface area (Å²) >= 11 is 5.40. The molecule has 0 spiro atoms. The minimum atomic E-state index is -0.502. The Morgan fingerprint density at radius 2 is 1.71 bits per heavy atom. The molecular weight excluding hydrogens is 450 g/mol. The molecule has 0 saturated heterocycles. The van der Waals surface area contributed by atoms with E-state index in [0.717, 1.165) is 5.56 Å². The molecule has 0 aliphatic rings. The maximum absolute atomic E-state index is 13.1. The van der Waals surface area contributed by atoms with Gasteiger partial charge in [-0.25, -0.2) is 4.79 Å². The van der Waals surface area contributed by atoms with Crippen LogP contribution in [0.15, 0.2) is 77.6 Å². The van der Waals surface area contributed by atoms with Crippen molar-refractivity contribution in [2.24, 2.45) is 0 Å². The molecule has 1 heterocycles. The predicted molar refractivity (Wildman–Crippen MR) is 133 cm³/mol. The highest BCUT2D eigenvalue weighted by Crippen LogP contribution is 2.16. The average molecular weight is 474 g/mol. The number of hydrogen-bond acceptors (Lipinski definition) is 5. The molecule has 0 unspecified atom stereocenters. The van der Waals surface area contributed by atoms with Crippen LogP contribution in [0.4, 0.5) is 0 Å². The zero-order valence-electron chi connectivity index (χ0n) is 18.7. The molecule has 1 amide bonds. The van der Waals surface area contributed by atoms with Crippen molar-refractivity contribution in [3.05, 3.63) is 105 Å². The molecular formula is C26H23N3O4S. The van der Waals surface area contributed by atoms with Crippen LogP contribution in [0.3, 0.4) is 0 Å². The number of esters is 1. The highest BCUT2D eigenvalue weighted by Gasteiger charge is 2.13. The summed E-state index contributed by atoms with van der Waals surface area (Å²) in [6.45, 7) is 2.56. The zero-order valence-corrected chi connectivity index (χ0v) is 19.5. The minimum Gasteiger partial charge on any atom is -0.465 e. The van der Waals surface area contributed by atoms with Crippen LogP contribution >= 0.6 is 12.2 Å². The van der Waals surface area contributed by atoms with E-state index in [4.69, 9.17) is 17.0 Å². The van der Waals surface area contributed by atoms with Gasteiger partial charge in [0.05, 0.1) is 29.3 Å². The summed E-state index contributed by atoms with van der Waals surface area (Å²) in [5.74, 6) is -0.517. The first-order chi connectivity index (χ1) is 16.4. The molecule has 0 bridgehead atoms. The van der Waals surface area contributed by atoms with E-state index in [9.17, 15) is 14.4 Å². The van der Waals surface area contributed by atoms with Gasteiger partial charge in [-0.1, -0.05) is 37.3 Å². The van der Waals surface area contributed by atoms with Crippen molar-refractivity contribution in [1.82, 2.24) is 14.9 Å². The van der Waals surface area contributed by atoms with Gasteiger partial charge < -0.3 is 15.0 Å². The van der Waals surface area contributed by atoms with E-state index in [1.807, 2.05) is 30.3 Å². The Morgan fingerprint density at radius 3 is 2.38 bits per heavy atom. The van der Waals surface area contributed by atoms with Crippen LogP contribution in [0.1, 0.15) is 39.1 Å². The van der Waals surface area contributed by atoms with Crippen molar-refractivity contribution in [1.29, 1.82) is 0 Å². The van der Waals surface area contributed by atoms with Crippen LogP contribution in [0.2, 0.25) is 0 Å². The maximum atomic E-state index is 13.1. The van der Waals surface area contributed by atoms with Gasteiger partial charge in [-0.2, -0.15) is 0 Å². The molecule has 0 aliphatic heterocycles. The molecule has 4 rings (SSSR count). The Kier molecular flexibility index (Phi) is 6.70. The minimum absolute atomic E-state index is 0.174. The third-order valence-corrected chi connectivity index (χ3v) is 5.93. The van der Waals surface area contributed by atoms with Gasteiger partial charge in [0, 0.05) is 12.1 Å². The van der Waals surface area contributed by atoms with Gasteiger partial charge in [0.15, 0.2) is 4.77 Å². The van der Waals surface area contributed by atoms with E-state index in [0.29, 0.717) is 34.3 Å². The molecule has 8 heteroatoms. The molecule has 0 aliphatic carbocycles. The number of carbonyl (C=O) groups is 2. The Morgan fingerprint density at radius 1 is 1.03 bits per heavy atom. The number of H-pyrrole nitrogens is 1. The maximum Gasteiger partial charge on any atom is 0.337 e. The molecule has 7 nitrogen and oxygen atoms in total. The number of aromatic nitrogens is 2. The summed E-state index contributed by atoms with van der Waals surface area (Å²) < 4.78 is 6.26. The number of hydrogen-bond donors (Lipinski definition) is 2. The van der Waals surface area contributed by atoms with E-state index in [2.05, 4.69) is 17.2 Å². The summed E-state index contributed by atoms with van der Waals surface area (Å²) in [5, 5.41) is 3.32. The number of carbonyl (C=O) groups excluding carboxylic acids is 2. The monoisotopic (exact) mass is 473 g/mol. The molecule has 4 aromatic rings. The van der Waals surface area contributed by atoms with Gasteiger partial charge in [-0.3, -0.25) is 14.2 Å². The summed E-state index contributed by atoms with van der Waals surface area (Å²) in [6, 6.07) is 21.3. The summed E-state index contributed by atoms with van der Waals surface area (Å²) in [4.78, 5) is 40.5. The smallest absolute Gasteiger partial charge is 0.337 e. The molecule has 1 atom stereocenters. The second kappa shape index (κ2) is 9.84. The fraction of sp³-hybridized carbons (Fsp3) is 0.154. The molecule has 0 fully saturated rings. The molecule has 2 N–H and O–H groups in total. The first kappa shape index (κ1) is 23.1. The molecule has 0 saturated carbocycles. The van der Waals surface area contributed by atoms with Crippen molar-refractivity contribution in [2.75, 3.05) is 13.7 Å². The number of rotatable bonds is 6. The van der Waals surface area contributed by atoms with Crippen LogP contribution in [-0.2, 0) is 4.74 Å². The van der Waals surface area contributed by atoms with Gasteiger partial charge in [-0.15, -0.1) is 0 Å². The lowest BCUT2D eigenvalue weighted by Gasteiger charge is -2.13. The molecule has 172 valence electrons. The van der Waals surface area contributed by atoms with Gasteiger partial charge in [0.2, 0.25) is 0 Å². The van der Waals surface area contributed by atoms with Crippen molar-refractivity contribution in [2.45, 2.75) is 12.8 Å². The Hall–Kier alpha value is -4.04. The van der Waals surface area contributed by atoms with Crippen LogP contribution in [0.5, 0.6) is 0 Å². The topological polar surface area (TPSA) is 93.2 Å². The van der Waals surface area contributed by atoms with E-state index in [-0.39, 0.29) is 22.2 Å². The highest BCUT2D eigenvalue weighted by atomic mass is 32.1. The SMILES string of the molecule is COC(=O)c1ccc2c(=O)n(-c3ccc(C(=O)NC[C@H](C)c4ccccc4)cc3)c(=S)[nH]c2c1. The fourth-order valence-electron chi connectivity index (χ4n) is 3.71. The number of fused-ring (bicyclic) bond motifs is 1. The van der Waals surface area contributed by atoms with Gasteiger partial charge in [0.25, 0.3) is 11.5 Å². The largest absolute Gasteiger partial charge is 0.465 e. The summed E-state index contributed by atoms with van der Waals surface area (Å²) in [5.41, 5.74) is 2.59. The number of aromatic amines is 1. The third kappa shape index (κ3) is 4.67. The van der Waals surface area contributed by atoms with Crippen LogP contribution in [-0.4, -0.2) is 35.1 Å². The Labute approximate surface area is 201 Å². The number of methoxy groups -OCH3 is 1. The highest BCUT2D eigenvalue weighted by molar-refractivity contribution is 7.71. The fourth-order valence-corrected chi connectivity index (χ4v) is 4.00. The standard InChI is InChI=1S/C26H23N3O4S/c1-16(17-6-4-3-5-7-17)15-27-23(30)18-8-11-20(12-9-18)29-24(31)21-13-10-19(25(32)33-2)14-22(21)28-26(29)34/h3-14,16H,15H2,1-2H3,(H,27,30)(H,28,34)/t16-/m0/s1. The lowest BCUT2D eigenvalue weighted by Crippen LogP contribution is -2.27. The van der Waals surface area contributed by atoms with E-state index >= 15 is 0 Å². The predicted octanol–water partition coefficient (Wildman–Crippen LogP) is 4.37. The number of nitrogens with zero attached hydrogens (tertiary/aromatic N) is 1. The van der Waals surface area contributed by atoms with Gasteiger partial charge in [-0.05, 0) is 66.2 Å². The lowest BCUT2D eigenvalue weighted by atomic mass is 10.0. The van der Waals surface area contributed by atoms with Crippen LogP contribution in [0.25, 0.3) is 16.6 Å². The van der Waals surface area contributed by atoms with Crippen molar-refractivity contribution >= 4 is 35.0 Å². The first-order valence-electron chi connectivity index (χ1n) is 10.7. The number of benzene rings is 3. The summed E-state index contributed by atoms with van der Waals surface area (Å²) in [6.07, 6.45) is 0. The molecule has 3 aromatic carbocycles. The van der Waals surface area contributed by atoms with E-state index in [1.54, 1.807) is 30.3 Å². The lowest BCUT2D eigenvalue weighted by molar-refractivity contribution is 0.0600. The normalized spacial score (nSPS) is 11.7. The van der Waals surface area contributed by atoms with Crippen LogP contribution in [0, 0.1) is 4.77 Å². The quantitative estimate of drug-likeness (QED) is 0.320. The van der Waals surface area contributed by atoms with Crippen molar-refractivity contribution < 1.29 is 14.3 Å². The average Bonchev–Trinajstić information content (AvgIpc) is 2.87. The third-order valence-electron chi connectivity index (χ3n) is 5.64. The zero-order chi connectivity index (χ0) is 24.2. The number of ether oxygens (including phenoxy) is 1. The Bertz CT molecular complexity index is 1470. The summed E-state index contributed by atoms with van der Waals surface area (Å²) in [7, 11) is 1.29. The van der Waals surface area contributed by atoms with Gasteiger partial charge in [0.1, 0.15) is 0 Å². The van der Waals surface area contributed by atoms with E-state index < -0.39 is 5.97 Å². The molecule has 1 aromatic heterocycles. The Balaban J connectivity index is 1.56. The van der Waals surface area contributed by atoms with Gasteiger partial charge >= 0.3 is 5.97 Å².